The van der Waals surface area contributed by atoms with E-state index in [1.54, 1.807) is 0 Å². The van der Waals surface area contributed by atoms with Crippen LogP contribution in [-0.2, 0) is 0 Å². The van der Waals surface area contributed by atoms with Crippen LogP contribution in [0.2, 0.25) is 0 Å². The quantitative estimate of drug-likeness (QED) is 0.494. The van der Waals surface area contributed by atoms with Crippen molar-refractivity contribution in [2.24, 2.45) is 5.92 Å². The van der Waals surface area contributed by atoms with Crippen molar-refractivity contribution in [3.8, 4) is 11.8 Å². The Kier molecular flexibility index (Phi) is 6.90. The van der Waals surface area contributed by atoms with Crippen LogP contribution in [0, 0.1) is 17.8 Å². The molecule has 0 fully saturated rings. The molecule has 0 amide bonds. The Hall–Kier alpha value is -0.480. The van der Waals surface area contributed by atoms with Crippen molar-refractivity contribution in [1.82, 2.24) is 0 Å². The summed E-state index contributed by atoms with van der Waals surface area (Å²) in [6.45, 7) is 5.97. The Morgan fingerprint density at radius 2 is 1.92 bits per heavy atom. The van der Waals surface area contributed by atoms with Crippen LogP contribution in [0.25, 0.3) is 0 Å². The van der Waals surface area contributed by atoms with Crippen LogP contribution in [0.4, 0.5) is 0 Å². The van der Waals surface area contributed by atoms with E-state index >= 15 is 0 Å². The molecule has 0 aliphatic heterocycles. The molecule has 0 aromatic heterocycles. The maximum absolute atomic E-state index is 9.45. The minimum atomic E-state index is -0.125. The number of hydrogen-bond donors (Lipinski definition) is 1. The maximum Gasteiger partial charge on any atom is 0.0563 e. The number of unbranched alkanes of at least 4 members (excludes halogenated alkanes) is 2. The van der Waals surface area contributed by atoms with Crippen molar-refractivity contribution in [2.45, 2.75) is 52.6 Å². The van der Waals surface area contributed by atoms with E-state index in [9.17, 15) is 5.11 Å². The van der Waals surface area contributed by atoms with Crippen molar-refractivity contribution in [3.05, 3.63) is 0 Å². The van der Waals surface area contributed by atoms with Gasteiger partial charge in [-0.05, 0) is 32.1 Å². The third kappa shape index (κ3) is 6.24. The van der Waals surface area contributed by atoms with Gasteiger partial charge in [-0.2, -0.15) is 0 Å². The lowest BCUT2D eigenvalue weighted by molar-refractivity contribution is 0.113. The van der Waals surface area contributed by atoms with E-state index in [0.717, 1.165) is 25.7 Å². The minimum absolute atomic E-state index is 0.125. The van der Waals surface area contributed by atoms with E-state index in [0.29, 0.717) is 5.92 Å². The molecule has 0 aromatic carbocycles. The van der Waals surface area contributed by atoms with E-state index in [-0.39, 0.29) is 6.10 Å². The second kappa shape index (κ2) is 7.18. The average molecular weight is 168 g/mol. The zero-order valence-electron chi connectivity index (χ0n) is 8.43. The van der Waals surface area contributed by atoms with Gasteiger partial charge in [0.1, 0.15) is 0 Å². The van der Waals surface area contributed by atoms with Crippen LogP contribution in [0.1, 0.15) is 46.5 Å². The number of aliphatic hydroxyl groups is 1. The molecule has 0 rings (SSSR count). The lowest BCUT2D eigenvalue weighted by Crippen LogP contribution is -2.13. The molecule has 1 heteroatoms. The van der Waals surface area contributed by atoms with Crippen molar-refractivity contribution < 1.29 is 5.11 Å². The van der Waals surface area contributed by atoms with E-state index in [4.69, 9.17) is 0 Å². The molecule has 0 heterocycles. The Bertz CT molecular complexity index is 150. The molecule has 1 N–H and O–H groups in total. The smallest absolute Gasteiger partial charge is 0.0563 e. The fourth-order valence-electron chi connectivity index (χ4n) is 1.03. The molecule has 0 aliphatic rings. The van der Waals surface area contributed by atoms with E-state index in [2.05, 4.69) is 25.7 Å². The lowest BCUT2D eigenvalue weighted by Gasteiger charge is -2.12. The highest BCUT2D eigenvalue weighted by Gasteiger charge is 2.07. The van der Waals surface area contributed by atoms with E-state index < -0.39 is 0 Å². The normalized spacial score (nSPS) is 12.4. The van der Waals surface area contributed by atoms with Crippen LogP contribution in [-0.4, -0.2) is 11.2 Å². The van der Waals surface area contributed by atoms with Crippen molar-refractivity contribution in [1.29, 1.82) is 0 Å². The molecule has 0 aromatic rings. The number of hydrogen-bond acceptors (Lipinski definition) is 1. The Labute approximate surface area is 76.2 Å². The van der Waals surface area contributed by atoms with Gasteiger partial charge in [0.05, 0.1) is 6.10 Å². The zero-order chi connectivity index (χ0) is 9.40. The largest absolute Gasteiger partial charge is 0.393 e. The van der Waals surface area contributed by atoms with Gasteiger partial charge in [-0.3, -0.25) is 0 Å². The fourth-order valence-corrected chi connectivity index (χ4v) is 1.03. The van der Waals surface area contributed by atoms with Gasteiger partial charge in [-0.1, -0.05) is 13.8 Å². The second-order valence-electron chi connectivity index (χ2n) is 3.48. The molecular weight excluding hydrogens is 148 g/mol. The van der Waals surface area contributed by atoms with Crippen LogP contribution >= 0.6 is 0 Å². The lowest BCUT2D eigenvalue weighted by atomic mass is 10.0. The molecule has 0 saturated heterocycles. The van der Waals surface area contributed by atoms with Crippen LogP contribution in [0.3, 0.4) is 0 Å². The van der Waals surface area contributed by atoms with Gasteiger partial charge in [-0.25, -0.2) is 0 Å². The Morgan fingerprint density at radius 3 is 2.42 bits per heavy atom. The summed E-state index contributed by atoms with van der Waals surface area (Å²) >= 11 is 0. The third-order valence-corrected chi connectivity index (χ3v) is 2.00. The van der Waals surface area contributed by atoms with Gasteiger partial charge < -0.3 is 5.11 Å². The number of aliphatic hydroxyl groups excluding tert-OH is 1. The second-order valence-corrected chi connectivity index (χ2v) is 3.48. The highest BCUT2D eigenvalue weighted by Crippen LogP contribution is 2.10. The fraction of sp³-hybridized carbons (Fsp3) is 0.818. The molecule has 12 heavy (non-hydrogen) atoms. The summed E-state index contributed by atoms with van der Waals surface area (Å²) in [6, 6.07) is 0. The average Bonchev–Trinajstić information content (AvgIpc) is 2.03. The molecule has 70 valence electrons. The molecule has 1 atom stereocenters. The van der Waals surface area contributed by atoms with Gasteiger partial charge in [0.25, 0.3) is 0 Å². The summed E-state index contributed by atoms with van der Waals surface area (Å²) in [6.07, 6.45) is 3.97. The van der Waals surface area contributed by atoms with E-state index in [1.807, 2.05) is 6.92 Å². The van der Waals surface area contributed by atoms with Crippen LogP contribution < -0.4 is 0 Å². The van der Waals surface area contributed by atoms with Gasteiger partial charge in [-0.15, -0.1) is 11.8 Å². The first-order valence-electron chi connectivity index (χ1n) is 4.76. The predicted molar refractivity (Wildman–Crippen MR) is 52.8 cm³/mol. The van der Waals surface area contributed by atoms with Crippen molar-refractivity contribution >= 4 is 0 Å². The minimum Gasteiger partial charge on any atom is -0.393 e. The molecular formula is C11H20O. The van der Waals surface area contributed by atoms with Crippen molar-refractivity contribution in [3.63, 3.8) is 0 Å². The molecule has 1 nitrogen and oxygen atoms in total. The van der Waals surface area contributed by atoms with E-state index in [1.165, 1.54) is 0 Å². The predicted octanol–water partition coefficient (Wildman–Crippen LogP) is 2.59. The summed E-state index contributed by atoms with van der Waals surface area (Å²) in [5.41, 5.74) is 0. The molecule has 1 unspecified atom stereocenters. The first kappa shape index (κ1) is 11.5. The number of rotatable bonds is 5. The van der Waals surface area contributed by atoms with Crippen molar-refractivity contribution in [2.75, 3.05) is 0 Å². The maximum atomic E-state index is 9.45. The topological polar surface area (TPSA) is 20.2 Å². The summed E-state index contributed by atoms with van der Waals surface area (Å²) in [5.74, 6) is 6.28. The zero-order valence-corrected chi connectivity index (χ0v) is 8.43. The van der Waals surface area contributed by atoms with Gasteiger partial charge in [0.15, 0.2) is 0 Å². The SMILES string of the molecule is CC#CCCCCC(O)C(C)C. The first-order valence-corrected chi connectivity index (χ1v) is 4.76. The molecule has 0 spiro atoms. The summed E-state index contributed by atoms with van der Waals surface area (Å²) in [5, 5.41) is 9.45. The molecule has 0 radical (unpaired) electrons. The monoisotopic (exact) mass is 168 g/mol. The third-order valence-electron chi connectivity index (χ3n) is 2.00. The molecule has 0 aliphatic carbocycles. The summed E-state index contributed by atoms with van der Waals surface area (Å²) in [7, 11) is 0. The highest BCUT2D eigenvalue weighted by molar-refractivity contribution is 4.94. The van der Waals surface area contributed by atoms with Gasteiger partial charge in [0, 0.05) is 6.42 Å². The summed E-state index contributed by atoms with van der Waals surface area (Å²) < 4.78 is 0. The molecule has 0 bridgehead atoms. The Balaban J connectivity index is 3.23. The Morgan fingerprint density at radius 1 is 1.25 bits per heavy atom. The molecule has 0 saturated carbocycles. The van der Waals surface area contributed by atoms with Crippen LogP contribution in [0.15, 0.2) is 0 Å². The highest BCUT2D eigenvalue weighted by atomic mass is 16.3. The first-order chi connectivity index (χ1) is 5.68. The van der Waals surface area contributed by atoms with Gasteiger partial charge >= 0.3 is 0 Å². The van der Waals surface area contributed by atoms with Crippen LogP contribution in [0.5, 0.6) is 0 Å². The standard InChI is InChI=1S/C11H20O/c1-4-5-6-7-8-9-11(12)10(2)3/h10-12H,6-9H2,1-3H3. The van der Waals surface area contributed by atoms with Gasteiger partial charge in [0.2, 0.25) is 0 Å². The summed E-state index contributed by atoms with van der Waals surface area (Å²) in [4.78, 5) is 0.